The van der Waals surface area contributed by atoms with E-state index in [0.29, 0.717) is 25.9 Å². The van der Waals surface area contributed by atoms with Gasteiger partial charge in [0.25, 0.3) is 11.8 Å². The fourth-order valence-electron chi connectivity index (χ4n) is 3.74. The van der Waals surface area contributed by atoms with Crippen molar-refractivity contribution in [2.24, 2.45) is 5.73 Å². The van der Waals surface area contributed by atoms with E-state index in [9.17, 15) is 22.8 Å². The lowest BCUT2D eigenvalue weighted by Crippen LogP contribution is -2.29. The van der Waals surface area contributed by atoms with Crippen LogP contribution >= 0.6 is 0 Å². The average molecular weight is 437 g/mol. The highest BCUT2D eigenvalue weighted by atomic mass is 19.4. The molecule has 1 atom stereocenters. The van der Waals surface area contributed by atoms with Crippen molar-refractivity contribution in [3.05, 3.63) is 41.0 Å². The summed E-state index contributed by atoms with van der Waals surface area (Å²) in [6.45, 7) is 0.587. The third-order valence-electron chi connectivity index (χ3n) is 5.36. The van der Waals surface area contributed by atoms with Crippen LogP contribution in [0.1, 0.15) is 70.3 Å². The van der Waals surface area contributed by atoms with E-state index in [4.69, 9.17) is 10.5 Å². The Kier molecular flexibility index (Phi) is 5.69. The van der Waals surface area contributed by atoms with Crippen LogP contribution in [0.2, 0.25) is 0 Å². The van der Waals surface area contributed by atoms with Crippen LogP contribution in [-0.2, 0) is 17.5 Å². The second kappa shape index (κ2) is 8.29. The highest BCUT2D eigenvalue weighted by Gasteiger charge is 2.46. The largest absolute Gasteiger partial charge is 0.420 e. The highest BCUT2D eigenvalue weighted by molar-refractivity contribution is 6.05. The number of primary amides is 1. The molecule has 1 saturated heterocycles. The lowest BCUT2D eigenvalue weighted by molar-refractivity contribution is -0.138. The Hall–Kier alpha value is -2.95. The Bertz CT molecular complexity index is 994. The minimum absolute atomic E-state index is 0.0570. The smallest absolute Gasteiger partial charge is 0.376 e. The van der Waals surface area contributed by atoms with E-state index >= 15 is 0 Å². The number of pyridine rings is 1. The fraction of sp³-hybridized carbons (Fsp3) is 0.500. The molecule has 0 bridgehead atoms. The molecule has 11 heteroatoms. The summed E-state index contributed by atoms with van der Waals surface area (Å²) < 4.78 is 48.8. The van der Waals surface area contributed by atoms with E-state index in [1.54, 1.807) is 0 Å². The zero-order valence-electron chi connectivity index (χ0n) is 16.6. The van der Waals surface area contributed by atoms with E-state index in [-0.39, 0.29) is 35.6 Å². The van der Waals surface area contributed by atoms with Crippen molar-refractivity contribution in [3.8, 4) is 0 Å². The number of aromatic nitrogens is 3. The highest BCUT2D eigenvalue weighted by Crippen LogP contribution is 2.46. The summed E-state index contributed by atoms with van der Waals surface area (Å²) in [5.41, 5.74) is 3.52. The SMILES string of the molecule is NC(=O)c1cc(NC(=O)c2c(C(F)(F)F)c(C3CC3)nn2C[C@@H]2CCCCO2)ccn1. The van der Waals surface area contributed by atoms with Gasteiger partial charge in [0.2, 0.25) is 0 Å². The summed E-state index contributed by atoms with van der Waals surface area (Å²) in [7, 11) is 0. The lowest BCUT2D eigenvalue weighted by atomic mass is 10.1. The summed E-state index contributed by atoms with van der Waals surface area (Å²) in [4.78, 5) is 28.1. The zero-order valence-corrected chi connectivity index (χ0v) is 16.6. The molecule has 2 amide bonds. The van der Waals surface area contributed by atoms with Crippen molar-refractivity contribution in [1.82, 2.24) is 14.8 Å². The monoisotopic (exact) mass is 437 g/mol. The molecule has 31 heavy (non-hydrogen) atoms. The van der Waals surface area contributed by atoms with E-state index in [1.807, 2.05) is 0 Å². The first-order valence-electron chi connectivity index (χ1n) is 10.1. The first kappa shape index (κ1) is 21.3. The van der Waals surface area contributed by atoms with Crippen LogP contribution in [0.25, 0.3) is 0 Å². The number of nitrogens with one attached hydrogen (secondary N) is 1. The van der Waals surface area contributed by atoms with Gasteiger partial charge in [0.05, 0.1) is 18.3 Å². The van der Waals surface area contributed by atoms with Gasteiger partial charge in [-0.15, -0.1) is 0 Å². The van der Waals surface area contributed by atoms with Crippen LogP contribution in [0.15, 0.2) is 18.3 Å². The molecule has 2 aromatic rings. The zero-order chi connectivity index (χ0) is 22.2. The molecule has 0 spiro atoms. The maximum Gasteiger partial charge on any atom is 0.420 e. The minimum Gasteiger partial charge on any atom is -0.376 e. The number of nitrogens with zero attached hydrogens (tertiary/aromatic N) is 3. The summed E-state index contributed by atoms with van der Waals surface area (Å²) in [6, 6.07) is 2.57. The van der Waals surface area contributed by atoms with E-state index < -0.39 is 29.2 Å². The molecule has 2 fully saturated rings. The van der Waals surface area contributed by atoms with Crippen LogP contribution in [-0.4, -0.2) is 39.3 Å². The van der Waals surface area contributed by atoms with Crippen LogP contribution < -0.4 is 11.1 Å². The van der Waals surface area contributed by atoms with Gasteiger partial charge in [-0.2, -0.15) is 18.3 Å². The number of nitrogens with two attached hydrogens (primary N) is 1. The normalized spacial score (nSPS) is 19.3. The van der Waals surface area contributed by atoms with E-state index in [1.165, 1.54) is 18.3 Å². The first-order chi connectivity index (χ1) is 14.7. The second-order valence-corrected chi connectivity index (χ2v) is 7.80. The summed E-state index contributed by atoms with van der Waals surface area (Å²) >= 11 is 0. The molecule has 166 valence electrons. The first-order valence-corrected chi connectivity index (χ1v) is 10.1. The fourth-order valence-corrected chi connectivity index (χ4v) is 3.74. The summed E-state index contributed by atoms with van der Waals surface area (Å²) in [5.74, 6) is -2.09. The number of alkyl halides is 3. The number of hydrogen-bond acceptors (Lipinski definition) is 5. The number of halogens is 3. The van der Waals surface area contributed by atoms with Crippen molar-refractivity contribution < 1.29 is 27.5 Å². The third kappa shape index (κ3) is 4.71. The molecule has 8 nitrogen and oxygen atoms in total. The predicted octanol–water partition coefficient (Wildman–Crippen LogP) is 3.09. The van der Waals surface area contributed by atoms with E-state index in [2.05, 4.69) is 15.4 Å². The number of hydrogen-bond donors (Lipinski definition) is 2. The number of amides is 2. The predicted molar refractivity (Wildman–Crippen MR) is 104 cm³/mol. The Balaban J connectivity index is 1.71. The standard InChI is InChI=1S/C20H22F3N5O3/c21-20(22,23)15-16(11-4-5-11)27-28(10-13-3-1-2-8-31-13)17(15)19(30)26-12-6-7-25-14(9-12)18(24)29/h6-7,9,11,13H,1-5,8,10H2,(H2,24,29)(H,25,26,30)/t13-/m0/s1. The van der Waals surface area contributed by atoms with Gasteiger partial charge in [-0.05, 0) is 44.2 Å². The summed E-state index contributed by atoms with van der Waals surface area (Å²) in [5, 5.41) is 6.64. The molecule has 2 aromatic heterocycles. The van der Waals surface area contributed by atoms with Gasteiger partial charge in [-0.1, -0.05) is 0 Å². The van der Waals surface area contributed by atoms with Crippen LogP contribution in [0.5, 0.6) is 0 Å². The maximum absolute atomic E-state index is 14.0. The van der Waals surface area contributed by atoms with Crippen LogP contribution in [0.4, 0.5) is 18.9 Å². The molecule has 3 heterocycles. The topological polar surface area (TPSA) is 112 Å². The number of carbonyl (C=O) groups excluding carboxylic acids is 2. The van der Waals surface area contributed by atoms with Crippen molar-refractivity contribution in [2.45, 2.75) is 56.8 Å². The quantitative estimate of drug-likeness (QED) is 0.721. The maximum atomic E-state index is 14.0. The van der Waals surface area contributed by atoms with Gasteiger partial charge in [0.15, 0.2) is 0 Å². The Morgan fingerprint density at radius 3 is 2.65 bits per heavy atom. The van der Waals surface area contributed by atoms with Crippen molar-refractivity contribution >= 4 is 17.5 Å². The van der Waals surface area contributed by atoms with Gasteiger partial charge in [-0.25, -0.2) is 0 Å². The Morgan fingerprint density at radius 1 is 1.26 bits per heavy atom. The average Bonchev–Trinajstić information content (AvgIpc) is 3.49. The van der Waals surface area contributed by atoms with Gasteiger partial charge in [0, 0.05) is 24.4 Å². The molecule has 2 aliphatic rings. The molecule has 1 saturated carbocycles. The minimum atomic E-state index is -4.74. The van der Waals surface area contributed by atoms with Crippen LogP contribution in [0, 0.1) is 0 Å². The molecule has 0 unspecified atom stereocenters. The third-order valence-corrected chi connectivity index (χ3v) is 5.36. The Morgan fingerprint density at radius 2 is 2.03 bits per heavy atom. The molecular weight excluding hydrogens is 415 g/mol. The van der Waals surface area contributed by atoms with Gasteiger partial charge >= 0.3 is 6.18 Å². The number of carbonyl (C=O) groups is 2. The Labute approximate surface area is 176 Å². The summed E-state index contributed by atoms with van der Waals surface area (Å²) in [6.07, 6.45) is -0.115. The lowest BCUT2D eigenvalue weighted by Gasteiger charge is -2.23. The van der Waals surface area contributed by atoms with Crippen LogP contribution in [0.3, 0.4) is 0 Å². The van der Waals surface area contributed by atoms with Crippen molar-refractivity contribution in [3.63, 3.8) is 0 Å². The molecule has 3 N–H and O–H groups in total. The van der Waals surface area contributed by atoms with Gasteiger partial charge in [-0.3, -0.25) is 19.3 Å². The molecule has 1 aliphatic carbocycles. The molecular formula is C20H22F3N5O3. The van der Waals surface area contributed by atoms with Gasteiger partial charge in [0.1, 0.15) is 17.0 Å². The molecule has 1 aliphatic heterocycles. The van der Waals surface area contributed by atoms with Gasteiger partial charge < -0.3 is 15.8 Å². The molecule has 4 rings (SSSR count). The van der Waals surface area contributed by atoms with Crippen molar-refractivity contribution in [2.75, 3.05) is 11.9 Å². The van der Waals surface area contributed by atoms with E-state index in [0.717, 1.165) is 17.5 Å². The number of anilines is 1. The molecule has 0 radical (unpaired) electrons. The molecule has 0 aromatic carbocycles. The number of rotatable bonds is 6. The number of ether oxygens (including phenoxy) is 1. The second-order valence-electron chi connectivity index (χ2n) is 7.80. The van der Waals surface area contributed by atoms with Crippen molar-refractivity contribution in [1.29, 1.82) is 0 Å².